The molecular formula is C18H18N2O2. The number of benzene rings is 1. The predicted molar refractivity (Wildman–Crippen MR) is 86.0 cm³/mol. The minimum atomic E-state index is -0.119. The van der Waals surface area contributed by atoms with Gasteiger partial charge in [0.2, 0.25) is 0 Å². The van der Waals surface area contributed by atoms with Crippen LogP contribution in [-0.4, -0.2) is 16.9 Å². The van der Waals surface area contributed by atoms with Crippen LogP contribution in [0.5, 0.6) is 0 Å². The molecule has 1 aromatic carbocycles. The van der Waals surface area contributed by atoms with Gasteiger partial charge in [0.05, 0.1) is 5.52 Å². The zero-order valence-electron chi connectivity index (χ0n) is 12.6. The first-order valence-electron chi connectivity index (χ1n) is 7.82. The third kappa shape index (κ3) is 2.15. The van der Waals surface area contributed by atoms with E-state index in [1.54, 1.807) is 0 Å². The Morgan fingerprint density at radius 1 is 1.23 bits per heavy atom. The fourth-order valence-corrected chi connectivity index (χ4v) is 3.30. The summed E-state index contributed by atoms with van der Waals surface area (Å²) in [7, 11) is 0. The van der Waals surface area contributed by atoms with Crippen molar-refractivity contribution in [3.8, 4) is 0 Å². The molecule has 1 aliphatic rings. The monoisotopic (exact) mass is 294 g/mol. The number of carbonyl (C=O) groups is 1. The molecule has 4 nitrogen and oxygen atoms in total. The van der Waals surface area contributed by atoms with E-state index in [0.717, 1.165) is 40.4 Å². The molecular weight excluding hydrogens is 276 g/mol. The summed E-state index contributed by atoms with van der Waals surface area (Å²) < 4.78 is 5.88. The molecule has 0 radical (unpaired) electrons. The van der Waals surface area contributed by atoms with E-state index in [9.17, 15) is 4.79 Å². The summed E-state index contributed by atoms with van der Waals surface area (Å²) in [4.78, 5) is 17.0. The predicted octanol–water partition coefficient (Wildman–Crippen LogP) is 3.96. The van der Waals surface area contributed by atoms with Gasteiger partial charge in [0, 0.05) is 22.5 Å². The van der Waals surface area contributed by atoms with Gasteiger partial charge < -0.3 is 9.73 Å². The number of furan rings is 1. The first kappa shape index (κ1) is 13.3. The molecule has 0 saturated heterocycles. The Labute approximate surface area is 128 Å². The Morgan fingerprint density at radius 3 is 2.82 bits per heavy atom. The van der Waals surface area contributed by atoms with Crippen molar-refractivity contribution >= 4 is 27.8 Å². The lowest BCUT2D eigenvalue weighted by Crippen LogP contribution is -2.32. The van der Waals surface area contributed by atoms with Crippen LogP contribution in [0.4, 0.5) is 0 Å². The van der Waals surface area contributed by atoms with Gasteiger partial charge in [-0.3, -0.25) is 9.78 Å². The average molecular weight is 294 g/mol. The molecule has 1 N–H and O–H groups in total. The molecule has 1 saturated carbocycles. The normalized spacial score (nSPS) is 15.7. The van der Waals surface area contributed by atoms with Crippen molar-refractivity contribution in [3.63, 3.8) is 0 Å². The van der Waals surface area contributed by atoms with Crippen molar-refractivity contribution in [1.29, 1.82) is 0 Å². The Morgan fingerprint density at radius 2 is 2.00 bits per heavy atom. The van der Waals surface area contributed by atoms with Crippen LogP contribution in [0.3, 0.4) is 0 Å². The second-order valence-electron chi connectivity index (χ2n) is 6.02. The first-order chi connectivity index (χ1) is 10.7. The van der Waals surface area contributed by atoms with Crippen molar-refractivity contribution in [1.82, 2.24) is 10.3 Å². The van der Waals surface area contributed by atoms with Gasteiger partial charge in [0.1, 0.15) is 5.58 Å². The van der Waals surface area contributed by atoms with Gasteiger partial charge in [-0.15, -0.1) is 0 Å². The van der Waals surface area contributed by atoms with E-state index >= 15 is 0 Å². The van der Waals surface area contributed by atoms with Gasteiger partial charge in [-0.05, 0) is 38.0 Å². The molecule has 1 fully saturated rings. The summed E-state index contributed by atoms with van der Waals surface area (Å²) in [5, 5.41) is 4.93. The van der Waals surface area contributed by atoms with E-state index in [4.69, 9.17) is 4.42 Å². The summed E-state index contributed by atoms with van der Waals surface area (Å²) >= 11 is 0. The number of aromatic nitrogens is 1. The van der Waals surface area contributed by atoms with Crippen LogP contribution in [0.15, 0.2) is 34.7 Å². The highest BCUT2D eigenvalue weighted by molar-refractivity contribution is 6.06. The maximum Gasteiger partial charge on any atom is 0.287 e. The standard InChI is InChI=1S/C18H18N2O2/c1-11-14-10-16(18(21)20-12-6-2-3-7-12)22-17(14)13-8-4-5-9-15(13)19-11/h4-5,8-10,12H,2-3,6-7H2,1H3,(H,20,21). The third-order valence-corrected chi connectivity index (χ3v) is 4.47. The van der Waals surface area contributed by atoms with E-state index in [-0.39, 0.29) is 11.9 Å². The molecule has 22 heavy (non-hydrogen) atoms. The summed E-state index contributed by atoms with van der Waals surface area (Å²) in [5.74, 6) is 0.259. The number of nitrogens with one attached hydrogen (secondary N) is 1. The SMILES string of the molecule is Cc1nc2ccccc2c2oc(C(=O)NC3CCCC3)cc12. The second-order valence-corrected chi connectivity index (χ2v) is 6.02. The zero-order valence-corrected chi connectivity index (χ0v) is 12.6. The lowest BCUT2D eigenvalue weighted by atomic mass is 10.1. The quantitative estimate of drug-likeness (QED) is 0.778. The smallest absolute Gasteiger partial charge is 0.287 e. The number of pyridine rings is 1. The Kier molecular flexibility index (Phi) is 3.10. The minimum absolute atomic E-state index is 0.119. The molecule has 1 amide bonds. The van der Waals surface area contributed by atoms with Crippen LogP contribution < -0.4 is 5.32 Å². The van der Waals surface area contributed by atoms with Crippen molar-refractivity contribution in [2.75, 3.05) is 0 Å². The van der Waals surface area contributed by atoms with Gasteiger partial charge in [-0.1, -0.05) is 25.0 Å². The molecule has 1 aliphatic carbocycles. The largest absolute Gasteiger partial charge is 0.450 e. The minimum Gasteiger partial charge on any atom is -0.450 e. The van der Waals surface area contributed by atoms with E-state index in [1.165, 1.54) is 12.8 Å². The molecule has 0 spiro atoms. The number of amides is 1. The van der Waals surface area contributed by atoms with Crippen molar-refractivity contribution in [3.05, 3.63) is 41.8 Å². The number of nitrogens with zero attached hydrogens (tertiary/aromatic N) is 1. The lowest BCUT2D eigenvalue weighted by Gasteiger charge is -2.09. The fraction of sp³-hybridized carbons (Fsp3) is 0.333. The highest BCUT2D eigenvalue weighted by Crippen LogP contribution is 2.29. The summed E-state index contributed by atoms with van der Waals surface area (Å²) in [5.41, 5.74) is 2.53. The van der Waals surface area contributed by atoms with Crippen LogP contribution in [0, 0.1) is 6.92 Å². The molecule has 2 heterocycles. The van der Waals surface area contributed by atoms with Gasteiger partial charge in [0.15, 0.2) is 5.76 Å². The zero-order chi connectivity index (χ0) is 15.1. The van der Waals surface area contributed by atoms with Crippen LogP contribution >= 0.6 is 0 Å². The van der Waals surface area contributed by atoms with Crippen LogP contribution in [0.25, 0.3) is 21.9 Å². The number of rotatable bonds is 2. The summed E-state index contributed by atoms with van der Waals surface area (Å²) in [6, 6.07) is 9.96. The van der Waals surface area contributed by atoms with E-state index in [1.807, 2.05) is 37.3 Å². The molecule has 3 aromatic rings. The summed E-state index contributed by atoms with van der Waals surface area (Å²) in [6.45, 7) is 1.95. The Bertz CT molecular complexity index is 860. The average Bonchev–Trinajstić information content (AvgIpc) is 3.16. The number of para-hydroxylation sites is 1. The van der Waals surface area contributed by atoms with E-state index in [0.29, 0.717) is 5.76 Å². The topological polar surface area (TPSA) is 55.1 Å². The van der Waals surface area contributed by atoms with Gasteiger partial charge >= 0.3 is 0 Å². The molecule has 4 heteroatoms. The molecule has 0 atom stereocenters. The Hall–Kier alpha value is -2.36. The van der Waals surface area contributed by atoms with E-state index in [2.05, 4.69) is 10.3 Å². The molecule has 2 aromatic heterocycles. The van der Waals surface area contributed by atoms with Crippen molar-refractivity contribution in [2.24, 2.45) is 0 Å². The van der Waals surface area contributed by atoms with Gasteiger partial charge in [0.25, 0.3) is 5.91 Å². The fourth-order valence-electron chi connectivity index (χ4n) is 3.30. The molecule has 4 rings (SSSR count). The van der Waals surface area contributed by atoms with Crippen molar-refractivity contribution in [2.45, 2.75) is 38.6 Å². The molecule has 0 bridgehead atoms. The maximum atomic E-state index is 12.4. The highest BCUT2D eigenvalue weighted by Gasteiger charge is 2.21. The lowest BCUT2D eigenvalue weighted by molar-refractivity contribution is 0.0912. The van der Waals surface area contributed by atoms with Crippen molar-refractivity contribution < 1.29 is 9.21 Å². The molecule has 0 unspecified atom stereocenters. The Balaban J connectivity index is 1.77. The first-order valence-corrected chi connectivity index (χ1v) is 7.82. The number of carbonyl (C=O) groups excluding carboxylic acids is 1. The molecule has 0 aliphatic heterocycles. The number of hydrogen-bond donors (Lipinski definition) is 1. The van der Waals surface area contributed by atoms with Crippen LogP contribution in [0.2, 0.25) is 0 Å². The second kappa shape index (κ2) is 5.13. The van der Waals surface area contributed by atoms with Crippen LogP contribution in [0.1, 0.15) is 41.9 Å². The molecule has 112 valence electrons. The van der Waals surface area contributed by atoms with E-state index < -0.39 is 0 Å². The van der Waals surface area contributed by atoms with Crippen LogP contribution in [-0.2, 0) is 0 Å². The third-order valence-electron chi connectivity index (χ3n) is 4.47. The van der Waals surface area contributed by atoms with Gasteiger partial charge in [-0.2, -0.15) is 0 Å². The highest BCUT2D eigenvalue weighted by atomic mass is 16.3. The van der Waals surface area contributed by atoms with Gasteiger partial charge in [-0.25, -0.2) is 0 Å². The summed E-state index contributed by atoms with van der Waals surface area (Å²) in [6.07, 6.45) is 4.52. The number of hydrogen-bond acceptors (Lipinski definition) is 3. The maximum absolute atomic E-state index is 12.4. The number of fused-ring (bicyclic) bond motifs is 3. The number of aryl methyl sites for hydroxylation is 1.